The van der Waals surface area contributed by atoms with Crippen molar-refractivity contribution in [3.63, 3.8) is 0 Å². The molecule has 3 rings (SSSR count). The number of amides is 1. The van der Waals surface area contributed by atoms with Crippen molar-refractivity contribution in [1.82, 2.24) is 15.1 Å². The number of carbonyl (C=O) groups is 1. The van der Waals surface area contributed by atoms with Crippen LogP contribution < -0.4 is 10.6 Å². The van der Waals surface area contributed by atoms with E-state index in [0.717, 1.165) is 17.8 Å². The Morgan fingerprint density at radius 2 is 2.08 bits per heavy atom. The topological polar surface area (TPSA) is 59.0 Å². The number of halogens is 2. The number of hydrogen-bond donors (Lipinski definition) is 2. The lowest BCUT2D eigenvalue weighted by atomic mass is 9.99. The summed E-state index contributed by atoms with van der Waals surface area (Å²) in [6.45, 7) is 9.32. The van der Waals surface area contributed by atoms with Crippen LogP contribution >= 0.6 is 12.4 Å². The molecular formula is C18H24ClFN4O. The fourth-order valence-corrected chi connectivity index (χ4v) is 3.13. The zero-order valence-corrected chi connectivity index (χ0v) is 15.8. The first-order valence-corrected chi connectivity index (χ1v) is 8.16. The zero-order chi connectivity index (χ0) is 17.5. The number of anilines is 1. The van der Waals surface area contributed by atoms with Crippen molar-refractivity contribution in [3.8, 4) is 0 Å². The number of benzene rings is 1. The fourth-order valence-electron chi connectivity index (χ4n) is 3.13. The van der Waals surface area contributed by atoms with Crippen LogP contribution in [0.25, 0.3) is 0 Å². The van der Waals surface area contributed by atoms with E-state index in [4.69, 9.17) is 0 Å². The minimum absolute atomic E-state index is 0. The first-order valence-electron chi connectivity index (χ1n) is 8.16. The number of carbonyl (C=O) groups excluding carboxylic acids is 1. The Morgan fingerprint density at radius 3 is 2.72 bits per heavy atom. The van der Waals surface area contributed by atoms with Gasteiger partial charge in [-0.25, -0.2) is 4.39 Å². The monoisotopic (exact) mass is 366 g/mol. The van der Waals surface area contributed by atoms with Gasteiger partial charge < -0.3 is 10.6 Å². The average molecular weight is 367 g/mol. The van der Waals surface area contributed by atoms with Gasteiger partial charge in [-0.05, 0) is 57.9 Å². The van der Waals surface area contributed by atoms with Crippen LogP contribution in [0.1, 0.15) is 48.0 Å². The first kappa shape index (κ1) is 19.4. The van der Waals surface area contributed by atoms with Gasteiger partial charge in [0.25, 0.3) is 5.91 Å². The summed E-state index contributed by atoms with van der Waals surface area (Å²) in [4.78, 5) is 12.6. The standard InChI is InChI=1S/C18H23FN4O.ClH/c1-11-14(10-21-23(11)18(2,3)4)17(24)22-15-6-5-12-9-20-8-7-13(12)16(15)19;/h5-6,10,20H,7-9H2,1-4H3,(H,22,24);1H. The van der Waals surface area contributed by atoms with Gasteiger partial charge in [0.2, 0.25) is 0 Å². The van der Waals surface area contributed by atoms with Gasteiger partial charge in [-0.15, -0.1) is 12.4 Å². The minimum Gasteiger partial charge on any atom is -0.319 e. The Balaban J connectivity index is 0.00000225. The van der Waals surface area contributed by atoms with Crippen LogP contribution in [0.2, 0.25) is 0 Å². The van der Waals surface area contributed by atoms with Gasteiger partial charge >= 0.3 is 0 Å². The van der Waals surface area contributed by atoms with Crippen molar-refractivity contribution in [3.05, 3.63) is 46.5 Å². The predicted molar refractivity (Wildman–Crippen MR) is 99.0 cm³/mol. The molecule has 0 fully saturated rings. The van der Waals surface area contributed by atoms with Crippen LogP contribution in [0.4, 0.5) is 10.1 Å². The second kappa shape index (κ2) is 7.14. The molecule has 5 nitrogen and oxygen atoms in total. The Bertz CT molecular complexity index is 795. The number of aromatic nitrogens is 2. The Kier molecular flexibility index (Phi) is 5.54. The van der Waals surface area contributed by atoms with Gasteiger partial charge in [0.15, 0.2) is 0 Å². The van der Waals surface area contributed by atoms with E-state index in [9.17, 15) is 9.18 Å². The van der Waals surface area contributed by atoms with Gasteiger partial charge in [-0.3, -0.25) is 9.48 Å². The molecule has 2 aromatic rings. The lowest BCUT2D eigenvalue weighted by Crippen LogP contribution is -2.26. The second-order valence-electron chi connectivity index (χ2n) is 7.17. The molecule has 0 atom stereocenters. The SMILES string of the molecule is Cc1c(C(=O)Nc2ccc3c(c2F)CCNC3)cnn1C(C)(C)C.Cl. The summed E-state index contributed by atoms with van der Waals surface area (Å²) >= 11 is 0. The Hall–Kier alpha value is -1.92. The molecule has 1 aromatic heterocycles. The lowest BCUT2D eigenvalue weighted by Gasteiger charge is -2.21. The molecule has 1 amide bonds. The van der Waals surface area contributed by atoms with Gasteiger partial charge in [0, 0.05) is 12.2 Å². The number of fused-ring (bicyclic) bond motifs is 1. The summed E-state index contributed by atoms with van der Waals surface area (Å²) in [5.74, 6) is -0.668. The summed E-state index contributed by atoms with van der Waals surface area (Å²) in [5, 5.41) is 10.2. The van der Waals surface area contributed by atoms with Crippen molar-refractivity contribution in [2.24, 2.45) is 0 Å². The molecule has 7 heteroatoms. The van der Waals surface area contributed by atoms with Gasteiger partial charge in [0.05, 0.1) is 23.0 Å². The van der Waals surface area contributed by atoms with E-state index in [-0.39, 0.29) is 35.4 Å². The third-order valence-electron chi connectivity index (χ3n) is 4.35. The van der Waals surface area contributed by atoms with E-state index >= 15 is 0 Å². The molecule has 1 aliphatic heterocycles. The van der Waals surface area contributed by atoms with Crippen LogP contribution in [-0.2, 0) is 18.5 Å². The summed E-state index contributed by atoms with van der Waals surface area (Å²) in [5.41, 5.74) is 2.88. The predicted octanol–water partition coefficient (Wildman–Crippen LogP) is 3.41. The third-order valence-corrected chi connectivity index (χ3v) is 4.35. The van der Waals surface area contributed by atoms with Crippen LogP contribution in [0.3, 0.4) is 0 Å². The smallest absolute Gasteiger partial charge is 0.259 e. The van der Waals surface area contributed by atoms with Crippen molar-refractivity contribution >= 4 is 24.0 Å². The minimum atomic E-state index is -0.337. The highest BCUT2D eigenvalue weighted by molar-refractivity contribution is 6.05. The maximum Gasteiger partial charge on any atom is 0.259 e. The quantitative estimate of drug-likeness (QED) is 0.856. The van der Waals surface area contributed by atoms with Crippen molar-refractivity contribution in [2.45, 2.75) is 46.2 Å². The number of rotatable bonds is 2. The van der Waals surface area contributed by atoms with Crippen molar-refractivity contribution in [1.29, 1.82) is 0 Å². The second-order valence-corrected chi connectivity index (χ2v) is 7.17. The van der Waals surface area contributed by atoms with Crippen LogP contribution in [-0.4, -0.2) is 22.2 Å². The normalized spacial score (nSPS) is 13.8. The zero-order valence-electron chi connectivity index (χ0n) is 14.9. The van der Waals surface area contributed by atoms with E-state index in [0.29, 0.717) is 24.1 Å². The molecule has 0 aliphatic carbocycles. The van der Waals surface area contributed by atoms with Crippen molar-refractivity contribution in [2.75, 3.05) is 11.9 Å². The third kappa shape index (κ3) is 3.70. The molecule has 2 N–H and O–H groups in total. The first-order chi connectivity index (χ1) is 11.3. The van der Waals surface area contributed by atoms with Gasteiger partial charge in [-0.1, -0.05) is 6.07 Å². The molecule has 0 unspecified atom stereocenters. The summed E-state index contributed by atoms with van der Waals surface area (Å²) in [6, 6.07) is 3.49. The van der Waals surface area contributed by atoms with E-state index in [1.165, 1.54) is 6.20 Å². The van der Waals surface area contributed by atoms with Crippen LogP contribution in [0.15, 0.2) is 18.3 Å². The largest absolute Gasteiger partial charge is 0.319 e. The molecule has 0 saturated carbocycles. The molecule has 1 aromatic carbocycles. The maximum atomic E-state index is 14.7. The van der Waals surface area contributed by atoms with E-state index in [2.05, 4.69) is 15.7 Å². The molecule has 0 radical (unpaired) electrons. The summed E-state index contributed by atoms with van der Waals surface area (Å²) in [6.07, 6.45) is 2.17. The molecule has 0 bridgehead atoms. The molecule has 0 spiro atoms. The number of nitrogens with zero attached hydrogens (tertiary/aromatic N) is 2. The molecular weight excluding hydrogens is 343 g/mol. The van der Waals surface area contributed by atoms with Crippen LogP contribution in [0, 0.1) is 12.7 Å². The van der Waals surface area contributed by atoms with Crippen molar-refractivity contribution < 1.29 is 9.18 Å². The van der Waals surface area contributed by atoms with E-state index in [1.807, 2.05) is 33.8 Å². The fraction of sp³-hybridized carbons (Fsp3) is 0.444. The molecule has 0 saturated heterocycles. The number of hydrogen-bond acceptors (Lipinski definition) is 3. The summed E-state index contributed by atoms with van der Waals surface area (Å²) < 4.78 is 16.5. The van der Waals surface area contributed by atoms with Gasteiger partial charge in [0.1, 0.15) is 5.82 Å². The highest BCUT2D eigenvalue weighted by atomic mass is 35.5. The van der Waals surface area contributed by atoms with Gasteiger partial charge in [-0.2, -0.15) is 5.10 Å². The highest BCUT2D eigenvalue weighted by Crippen LogP contribution is 2.25. The number of nitrogens with one attached hydrogen (secondary N) is 2. The maximum absolute atomic E-state index is 14.7. The molecule has 25 heavy (non-hydrogen) atoms. The van der Waals surface area contributed by atoms with Crippen LogP contribution in [0.5, 0.6) is 0 Å². The lowest BCUT2D eigenvalue weighted by molar-refractivity contribution is 0.102. The molecule has 136 valence electrons. The Labute approximate surface area is 153 Å². The average Bonchev–Trinajstić information content (AvgIpc) is 2.92. The molecule has 1 aliphatic rings. The summed E-state index contributed by atoms with van der Waals surface area (Å²) in [7, 11) is 0. The van der Waals surface area contributed by atoms with E-state index in [1.54, 1.807) is 10.7 Å². The van der Waals surface area contributed by atoms with E-state index < -0.39 is 0 Å². The highest BCUT2D eigenvalue weighted by Gasteiger charge is 2.23. The Morgan fingerprint density at radius 1 is 1.36 bits per heavy atom. The molecule has 2 heterocycles.